The molecule has 104 valence electrons. The normalized spacial score (nSPS) is 18.9. The molecule has 1 saturated heterocycles. The molecule has 1 aromatic carbocycles. The van der Waals surface area contributed by atoms with E-state index in [1.54, 1.807) is 6.20 Å². The quantitative estimate of drug-likeness (QED) is 0.918. The van der Waals surface area contributed by atoms with E-state index in [1.807, 2.05) is 23.2 Å². The largest absolute Gasteiger partial charge is 0.396 e. The first-order chi connectivity index (χ1) is 9.78. The maximum Gasteiger partial charge on any atom is 0.223 e. The molecule has 0 bridgehead atoms. The Hall–Kier alpha value is -1.94. The molecule has 1 atom stereocenters. The standard InChI is InChI=1S/C16H18N2O2/c19-11-12-8-16(20)18(10-12)7-5-13-2-1-3-14-9-17-6-4-15(13)14/h1-4,6,9,12,19H,5,7-8,10-11H2. The van der Waals surface area contributed by atoms with E-state index in [0.717, 1.165) is 18.4 Å². The summed E-state index contributed by atoms with van der Waals surface area (Å²) in [5.74, 6) is 0.269. The number of amides is 1. The monoisotopic (exact) mass is 270 g/mol. The fourth-order valence-corrected chi connectivity index (χ4v) is 2.86. The fraction of sp³-hybridized carbons (Fsp3) is 0.375. The molecule has 0 radical (unpaired) electrons. The molecular formula is C16H18N2O2. The van der Waals surface area contributed by atoms with Gasteiger partial charge in [0.1, 0.15) is 0 Å². The van der Waals surface area contributed by atoms with Crippen molar-refractivity contribution in [2.24, 2.45) is 5.92 Å². The van der Waals surface area contributed by atoms with Gasteiger partial charge in [0.2, 0.25) is 5.91 Å². The van der Waals surface area contributed by atoms with Gasteiger partial charge < -0.3 is 10.0 Å². The minimum absolute atomic E-state index is 0.0994. The number of aromatic nitrogens is 1. The molecular weight excluding hydrogens is 252 g/mol. The van der Waals surface area contributed by atoms with Gasteiger partial charge in [-0.1, -0.05) is 18.2 Å². The van der Waals surface area contributed by atoms with Crippen molar-refractivity contribution in [2.45, 2.75) is 12.8 Å². The molecule has 0 aliphatic carbocycles. The molecule has 3 rings (SSSR count). The highest BCUT2D eigenvalue weighted by Gasteiger charge is 2.28. The van der Waals surface area contributed by atoms with Gasteiger partial charge in [-0.3, -0.25) is 9.78 Å². The Morgan fingerprint density at radius 3 is 3.05 bits per heavy atom. The van der Waals surface area contributed by atoms with Crippen LogP contribution in [0.25, 0.3) is 10.8 Å². The topological polar surface area (TPSA) is 53.4 Å². The highest BCUT2D eigenvalue weighted by atomic mass is 16.3. The van der Waals surface area contributed by atoms with Crippen LogP contribution >= 0.6 is 0 Å². The Kier molecular flexibility index (Phi) is 3.65. The second-order valence-electron chi connectivity index (χ2n) is 5.36. The zero-order valence-corrected chi connectivity index (χ0v) is 11.3. The van der Waals surface area contributed by atoms with Crippen molar-refractivity contribution in [2.75, 3.05) is 19.7 Å². The lowest BCUT2D eigenvalue weighted by Gasteiger charge is -2.16. The van der Waals surface area contributed by atoms with Crippen LogP contribution in [-0.2, 0) is 11.2 Å². The lowest BCUT2D eigenvalue weighted by Crippen LogP contribution is -2.27. The van der Waals surface area contributed by atoms with Crippen LogP contribution in [0.15, 0.2) is 36.7 Å². The predicted molar refractivity (Wildman–Crippen MR) is 77.2 cm³/mol. The van der Waals surface area contributed by atoms with Crippen LogP contribution in [0.3, 0.4) is 0 Å². The molecule has 0 spiro atoms. The Bertz CT molecular complexity index is 621. The number of nitrogens with zero attached hydrogens (tertiary/aromatic N) is 2. The van der Waals surface area contributed by atoms with Crippen LogP contribution in [0.2, 0.25) is 0 Å². The summed E-state index contributed by atoms with van der Waals surface area (Å²) in [6.45, 7) is 1.50. The van der Waals surface area contributed by atoms with Gasteiger partial charge in [0.05, 0.1) is 0 Å². The molecule has 1 aliphatic heterocycles. The van der Waals surface area contributed by atoms with Gasteiger partial charge in [-0.15, -0.1) is 0 Å². The molecule has 2 heterocycles. The zero-order valence-electron chi connectivity index (χ0n) is 11.3. The van der Waals surface area contributed by atoms with Crippen molar-refractivity contribution in [3.63, 3.8) is 0 Å². The number of hydrogen-bond acceptors (Lipinski definition) is 3. The first-order valence-corrected chi connectivity index (χ1v) is 6.98. The Morgan fingerprint density at radius 1 is 1.35 bits per heavy atom. The number of pyridine rings is 1. The first-order valence-electron chi connectivity index (χ1n) is 6.98. The summed E-state index contributed by atoms with van der Waals surface area (Å²) < 4.78 is 0. The van der Waals surface area contributed by atoms with Gasteiger partial charge >= 0.3 is 0 Å². The minimum Gasteiger partial charge on any atom is -0.396 e. The summed E-state index contributed by atoms with van der Waals surface area (Å²) in [6, 6.07) is 8.20. The molecule has 1 amide bonds. The lowest BCUT2D eigenvalue weighted by molar-refractivity contribution is -0.127. The SMILES string of the molecule is O=C1CC(CO)CN1CCc1cccc2cnccc12. The van der Waals surface area contributed by atoms with E-state index in [2.05, 4.69) is 17.1 Å². The Balaban J connectivity index is 1.73. The van der Waals surface area contributed by atoms with E-state index in [1.165, 1.54) is 10.9 Å². The number of carbonyl (C=O) groups excluding carboxylic acids is 1. The number of hydrogen-bond donors (Lipinski definition) is 1. The molecule has 1 N–H and O–H groups in total. The average molecular weight is 270 g/mol. The smallest absolute Gasteiger partial charge is 0.223 e. The zero-order chi connectivity index (χ0) is 13.9. The summed E-state index contributed by atoms with van der Waals surface area (Å²) in [7, 11) is 0. The third-order valence-electron chi connectivity index (χ3n) is 3.97. The van der Waals surface area contributed by atoms with E-state index in [9.17, 15) is 4.79 Å². The number of benzene rings is 1. The average Bonchev–Trinajstić information content (AvgIpc) is 2.85. The van der Waals surface area contributed by atoms with Crippen LogP contribution < -0.4 is 0 Å². The van der Waals surface area contributed by atoms with Crippen LogP contribution in [-0.4, -0.2) is 40.6 Å². The van der Waals surface area contributed by atoms with Crippen molar-refractivity contribution in [3.8, 4) is 0 Å². The van der Waals surface area contributed by atoms with E-state index in [4.69, 9.17) is 5.11 Å². The van der Waals surface area contributed by atoms with E-state index >= 15 is 0 Å². The maximum absolute atomic E-state index is 11.8. The summed E-state index contributed by atoms with van der Waals surface area (Å²) in [5, 5.41) is 11.5. The third kappa shape index (κ3) is 2.51. The van der Waals surface area contributed by atoms with Crippen molar-refractivity contribution in [1.82, 2.24) is 9.88 Å². The van der Waals surface area contributed by atoms with Gasteiger partial charge in [-0.2, -0.15) is 0 Å². The molecule has 1 aromatic heterocycles. The molecule has 4 nitrogen and oxygen atoms in total. The summed E-state index contributed by atoms with van der Waals surface area (Å²) >= 11 is 0. The molecule has 1 fully saturated rings. The van der Waals surface area contributed by atoms with Crippen LogP contribution in [0.1, 0.15) is 12.0 Å². The van der Waals surface area contributed by atoms with Crippen molar-refractivity contribution >= 4 is 16.7 Å². The Labute approximate surface area is 118 Å². The molecule has 2 aromatic rings. The summed E-state index contributed by atoms with van der Waals surface area (Å²) in [4.78, 5) is 17.8. The Morgan fingerprint density at radius 2 is 2.25 bits per heavy atom. The van der Waals surface area contributed by atoms with E-state index in [0.29, 0.717) is 13.0 Å². The fourth-order valence-electron chi connectivity index (χ4n) is 2.86. The van der Waals surface area contributed by atoms with Gasteiger partial charge in [0, 0.05) is 49.8 Å². The van der Waals surface area contributed by atoms with Gasteiger partial charge in [0.25, 0.3) is 0 Å². The van der Waals surface area contributed by atoms with Crippen molar-refractivity contribution in [3.05, 3.63) is 42.2 Å². The highest BCUT2D eigenvalue weighted by molar-refractivity contribution is 5.85. The molecule has 1 unspecified atom stereocenters. The molecule has 20 heavy (non-hydrogen) atoms. The second-order valence-corrected chi connectivity index (χ2v) is 5.36. The second kappa shape index (κ2) is 5.59. The van der Waals surface area contributed by atoms with E-state index < -0.39 is 0 Å². The van der Waals surface area contributed by atoms with Crippen LogP contribution in [0.5, 0.6) is 0 Å². The lowest BCUT2D eigenvalue weighted by atomic mass is 10.0. The number of aliphatic hydroxyl groups excluding tert-OH is 1. The molecule has 0 saturated carbocycles. The van der Waals surface area contributed by atoms with Crippen LogP contribution in [0, 0.1) is 5.92 Å². The summed E-state index contributed by atoms with van der Waals surface area (Å²) in [5.41, 5.74) is 1.24. The minimum atomic E-state index is 0.0994. The maximum atomic E-state index is 11.8. The van der Waals surface area contributed by atoms with Crippen LogP contribution in [0.4, 0.5) is 0 Å². The van der Waals surface area contributed by atoms with Crippen molar-refractivity contribution < 1.29 is 9.90 Å². The van der Waals surface area contributed by atoms with Gasteiger partial charge in [0.15, 0.2) is 0 Å². The third-order valence-corrected chi connectivity index (χ3v) is 3.97. The van der Waals surface area contributed by atoms with E-state index in [-0.39, 0.29) is 18.4 Å². The number of aliphatic hydroxyl groups is 1. The summed E-state index contributed by atoms with van der Waals surface area (Å²) in [6.07, 6.45) is 4.98. The van der Waals surface area contributed by atoms with Gasteiger partial charge in [-0.25, -0.2) is 0 Å². The molecule has 4 heteroatoms. The first kappa shape index (κ1) is 13.1. The number of carbonyl (C=O) groups is 1. The predicted octanol–water partition coefficient (Wildman–Crippen LogP) is 1.62. The van der Waals surface area contributed by atoms with Gasteiger partial charge in [-0.05, 0) is 23.4 Å². The number of likely N-dealkylation sites (tertiary alicyclic amines) is 1. The highest BCUT2D eigenvalue weighted by Crippen LogP contribution is 2.21. The molecule has 1 aliphatic rings. The van der Waals surface area contributed by atoms with Crippen molar-refractivity contribution in [1.29, 1.82) is 0 Å². The number of rotatable bonds is 4. The number of fused-ring (bicyclic) bond motifs is 1.